The van der Waals surface area contributed by atoms with E-state index in [0.29, 0.717) is 18.9 Å². The molecule has 1 aromatic rings. The van der Waals surface area contributed by atoms with E-state index >= 15 is 0 Å². The number of hydrogen-bond donors (Lipinski definition) is 1. The molecule has 0 saturated heterocycles. The Hall–Kier alpha value is -1.31. The van der Waals surface area contributed by atoms with Gasteiger partial charge in [-0.3, -0.25) is 4.79 Å². The molecule has 8 heteroatoms. The second-order valence-corrected chi connectivity index (χ2v) is 7.86. The van der Waals surface area contributed by atoms with Crippen molar-refractivity contribution in [2.45, 2.75) is 44.9 Å². The zero-order valence-electron chi connectivity index (χ0n) is 15.0. The number of nitrogens with one attached hydrogen (secondary N) is 1. The standard InChI is InChI=1S/C17H27ClN2O4S/c1-4-7-8-11-19-17(21)13-20(5-2)25(22,23)14-9-10-16(24-6-3)15(18)12-14/h9-10,12H,4-8,11,13H2,1-3H3,(H,19,21). The maximum atomic E-state index is 12.7. The Morgan fingerprint density at radius 2 is 1.96 bits per heavy atom. The first-order valence-corrected chi connectivity index (χ1v) is 10.4. The summed E-state index contributed by atoms with van der Waals surface area (Å²) in [6.07, 6.45) is 2.97. The molecule has 0 fully saturated rings. The van der Waals surface area contributed by atoms with Crippen LogP contribution in [0.3, 0.4) is 0 Å². The Kier molecular flexibility index (Phi) is 9.24. The van der Waals surface area contributed by atoms with Crippen LogP contribution in [0, 0.1) is 0 Å². The van der Waals surface area contributed by atoms with E-state index in [1.165, 1.54) is 18.2 Å². The molecule has 0 radical (unpaired) electrons. The average molecular weight is 391 g/mol. The zero-order valence-corrected chi connectivity index (χ0v) is 16.6. The summed E-state index contributed by atoms with van der Waals surface area (Å²) in [5.41, 5.74) is 0. The van der Waals surface area contributed by atoms with Crippen molar-refractivity contribution in [3.63, 3.8) is 0 Å². The summed E-state index contributed by atoms with van der Waals surface area (Å²) in [4.78, 5) is 12.0. The third-order valence-corrected chi connectivity index (χ3v) is 5.83. The minimum Gasteiger partial charge on any atom is -0.492 e. The van der Waals surface area contributed by atoms with E-state index in [-0.39, 0.29) is 28.9 Å². The van der Waals surface area contributed by atoms with Crippen molar-refractivity contribution >= 4 is 27.5 Å². The molecule has 0 atom stereocenters. The van der Waals surface area contributed by atoms with Crippen molar-refractivity contribution in [1.29, 1.82) is 0 Å². The maximum absolute atomic E-state index is 12.7. The van der Waals surface area contributed by atoms with Crippen LogP contribution >= 0.6 is 11.6 Å². The fraction of sp³-hybridized carbons (Fsp3) is 0.588. The number of nitrogens with zero attached hydrogens (tertiary/aromatic N) is 1. The van der Waals surface area contributed by atoms with E-state index in [9.17, 15) is 13.2 Å². The van der Waals surface area contributed by atoms with Gasteiger partial charge in [-0.1, -0.05) is 38.3 Å². The lowest BCUT2D eigenvalue weighted by atomic mass is 10.2. The molecule has 1 rings (SSSR count). The molecule has 1 N–H and O–H groups in total. The Morgan fingerprint density at radius 1 is 1.24 bits per heavy atom. The fourth-order valence-corrected chi connectivity index (χ4v) is 3.98. The molecule has 0 aliphatic rings. The minimum atomic E-state index is -3.80. The fourth-order valence-electron chi connectivity index (χ4n) is 2.25. The lowest BCUT2D eigenvalue weighted by Gasteiger charge is -2.20. The number of benzene rings is 1. The molecule has 0 spiro atoms. The second-order valence-electron chi connectivity index (χ2n) is 5.51. The van der Waals surface area contributed by atoms with Crippen LogP contribution in [0.1, 0.15) is 40.0 Å². The molecular weight excluding hydrogens is 364 g/mol. The van der Waals surface area contributed by atoms with Gasteiger partial charge in [0.2, 0.25) is 15.9 Å². The predicted octanol–water partition coefficient (Wildman–Crippen LogP) is 3.06. The van der Waals surface area contributed by atoms with Gasteiger partial charge < -0.3 is 10.1 Å². The van der Waals surface area contributed by atoms with Gasteiger partial charge >= 0.3 is 0 Å². The van der Waals surface area contributed by atoms with Crippen LogP contribution in [-0.2, 0) is 14.8 Å². The number of carbonyl (C=O) groups excluding carboxylic acids is 1. The first-order chi connectivity index (χ1) is 11.9. The largest absolute Gasteiger partial charge is 0.492 e. The highest BCUT2D eigenvalue weighted by molar-refractivity contribution is 7.89. The number of sulfonamides is 1. The molecule has 1 aromatic carbocycles. The molecule has 0 saturated carbocycles. The predicted molar refractivity (Wildman–Crippen MR) is 99.6 cm³/mol. The van der Waals surface area contributed by atoms with Crippen LogP contribution in [0.15, 0.2) is 23.1 Å². The van der Waals surface area contributed by atoms with Gasteiger partial charge in [0.05, 0.1) is 23.1 Å². The van der Waals surface area contributed by atoms with Crippen LogP contribution < -0.4 is 10.1 Å². The van der Waals surface area contributed by atoms with Crippen molar-refractivity contribution in [3.8, 4) is 5.75 Å². The van der Waals surface area contributed by atoms with Gasteiger partial charge in [-0.05, 0) is 31.5 Å². The summed E-state index contributed by atoms with van der Waals surface area (Å²) in [5.74, 6) is 0.124. The van der Waals surface area contributed by atoms with Gasteiger partial charge in [-0.2, -0.15) is 4.31 Å². The van der Waals surface area contributed by atoms with Crippen LogP contribution in [0.25, 0.3) is 0 Å². The number of rotatable bonds is 11. The molecule has 0 aromatic heterocycles. The van der Waals surface area contributed by atoms with Crippen LogP contribution in [0.4, 0.5) is 0 Å². The molecule has 6 nitrogen and oxygen atoms in total. The molecule has 1 amide bonds. The molecule has 0 aliphatic heterocycles. The summed E-state index contributed by atoms with van der Waals surface area (Å²) in [5, 5.41) is 2.98. The van der Waals surface area contributed by atoms with Crippen LogP contribution in [0.2, 0.25) is 5.02 Å². The van der Waals surface area contributed by atoms with Gasteiger partial charge in [-0.25, -0.2) is 8.42 Å². The third-order valence-electron chi connectivity index (χ3n) is 3.62. The molecule has 25 heavy (non-hydrogen) atoms. The normalized spacial score (nSPS) is 11.6. The SMILES string of the molecule is CCCCCNC(=O)CN(CC)S(=O)(=O)c1ccc(OCC)c(Cl)c1. The lowest BCUT2D eigenvalue weighted by molar-refractivity contribution is -0.121. The maximum Gasteiger partial charge on any atom is 0.243 e. The first-order valence-electron chi connectivity index (χ1n) is 8.55. The zero-order chi connectivity index (χ0) is 18.9. The summed E-state index contributed by atoms with van der Waals surface area (Å²) in [6, 6.07) is 4.31. The molecule has 142 valence electrons. The van der Waals surface area contributed by atoms with Gasteiger partial charge in [0.1, 0.15) is 5.75 Å². The monoisotopic (exact) mass is 390 g/mol. The highest BCUT2D eigenvalue weighted by Gasteiger charge is 2.26. The Bertz CT molecular complexity index is 665. The lowest BCUT2D eigenvalue weighted by Crippen LogP contribution is -2.40. The molecule has 0 unspecified atom stereocenters. The molecule has 0 bridgehead atoms. The Morgan fingerprint density at radius 3 is 2.52 bits per heavy atom. The van der Waals surface area contributed by atoms with Crippen molar-refractivity contribution < 1.29 is 17.9 Å². The van der Waals surface area contributed by atoms with Gasteiger partial charge in [0, 0.05) is 13.1 Å². The number of carbonyl (C=O) groups is 1. The van der Waals surface area contributed by atoms with E-state index in [4.69, 9.17) is 16.3 Å². The van der Waals surface area contributed by atoms with E-state index in [2.05, 4.69) is 12.2 Å². The number of likely N-dealkylation sites (N-methyl/N-ethyl adjacent to an activating group) is 1. The van der Waals surface area contributed by atoms with Gasteiger partial charge in [0.15, 0.2) is 0 Å². The first kappa shape index (κ1) is 21.7. The summed E-state index contributed by atoms with van der Waals surface area (Å²) in [7, 11) is -3.80. The molecular formula is C17H27ClN2O4S. The highest BCUT2D eigenvalue weighted by Crippen LogP contribution is 2.28. The van der Waals surface area contributed by atoms with Gasteiger partial charge in [-0.15, -0.1) is 0 Å². The second kappa shape index (κ2) is 10.6. The van der Waals surface area contributed by atoms with Crippen LogP contribution in [0.5, 0.6) is 5.75 Å². The van der Waals surface area contributed by atoms with Gasteiger partial charge in [0.25, 0.3) is 0 Å². The third kappa shape index (κ3) is 6.49. The van der Waals surface area contributed by atoms with E-state index in [1.54, 1.807) is 6.92 Å². The molecule has 0 aliphatic carbocycles. The van der Waals surface area contributed by atoms with Crippen molar-refractivity contribution in [1.82, 2.24) is 9.62 Å². The number of ether oxygens (including phenoxy) is 1. The van der Waals surface area contributed by atoms with Crippen molar-refractivity contribution in [2.75, 3.05) is 26.2 Å². The smallest absolute Gasteiger partial charge is 0.243 e. The summed E-state index contributed by atoms with van der Waals surface area (Å²) in [6.45, 7) is 6.56. The van der Waals surface area contributed by atoms with Crippen molar-refractivity contribution in [2.24, 2.45) is 0 Å². The average Bonchev–Trinajstić information content (AvgIpc) is 2.58. The summed E-state index contributed by atoms with van der Waals surface area (Å²) < 4.78 is 31.9. The van der Waals surface area contributed by atoms with E-state index in [1.807, 2.05) is 6.92 Å². The number of unbranched alkanes of at least 4 members (excludes halogenated alkanes) is 2. The topological polar surface area (TPSA) is 75.7 Å². The van der Waals surface area contributed by atoms with Crippen LogP contribution in [-0.4, -0.2) is 44.9 Å². The quantitative estimate of drug-likeness (QED) is 0.589. The van der Waals surface area contributed by atoms with E-state index < -0.39 is 10.0 Å². The van der Waals surface area contributed by atoms with E-state index in [0.717, 1.165) is 23.6 Å². The van der Waals surface area contributed by atoms with Crippen molar-refractivity contribution in [3.05, 3.63) is 23.2 Å². The highest BCUT2D eigenvalue weighted by atomic mass is 35.5. The number of halogens is 1. The summed E-state index contributed by atoms with van der Waals surface area (Å²) >= 11 is 6.08. The number of amides is 1. The minimum absolute atomic E-state index is 0.0431. The molecule has 0 heterocycles. The number of hydrogen-bond acceptors (Lipinski definition) is 4. The Balaban J connectivity index is 2.83. The Labute approximate surface area is 155 Å².